The molecule has 0 aliphatic heterocycles. The summed E-state index contributed by atoms with van der Waals surface area (Å²) in [6.07, 6.45) is 1.90. The molecule has 1 amide bonds. The van der Waals surface area contributed by atoms with Gasteiger partial charge in [-0.2, -0.15) is 5.10 Å². The predicted octanol–water partition coefficient (Wildman–Crippen LogP) is 3.53. The average Bonchev–Trinajstić information content (AvgIpc) is 3.14. The molecule has 0 saturated carbocycles. The third kappa shape index (κ3) is 4.31. The molecule has 8 heteroatoms. The topological polar surface area (TPSA) is 73.4 Å². The summed E-state index contributed by atoms with van der Waals surface area (Å²) in [6, 6.07) is 7.08. The van der Waals surface area contributed by atoms with Crippen LogP contribution in [0.2, 0.25) is 5.02 Å². The molecule has 2 aromatic heterocycles. The van der Waals surface area contributed by atoms with Gasteiger partial charge in [-0.15, -0.1) is 0 Å². The maximum atomic E-state index is 12.9. The van der Waals surface area contributed by atoms with Crippen molar-refractivity contribution in [2.75, 3.05) is 7.05 Å². The van der Waals surface area contributed by atoms with E-state index >= 15 is 0 Å². The fourth-order valence-electron chi connectivity index (χ4n) is 2.75. The van der Waals surface area contributed by atoms with Gasteiger partial charge < -0.3 is 14.2 Å². The lowest BCUT2D eigenvalue weighted by Gasteiger charge is -2.16. The fraction of sp³-hybridized carbons (Fsp3) is 0.316. The maximum absolute atomic E-state index is 12.9. The zero-order valence-corrected chi connectivity index (χ0v) is 16.4. The first kappa shape index (κ1) is 19.0. The quantitative estimate of drug-likeness (QED) is 0.645. The third-order valence-corrected chi connectivity index (χ3v) is 4.47. The molecule has 0 N–H and O–H groups in total. The highest BCUT2D eigenvalue weighted by Gasteiger charge is 2.24. The van der Waals surface area contributed by atoms with E-state index in [0.717, 1.165) is 11.3 Å². The molecule has 0 aliphatic carbocycles. The van der Waals surface area contributed by atoms with E-state index in [1.54, 1.807) is 47.8 Å². The maximum Gasteiger partial charge on any atom is 0.276 e. The number of nitrogens with zero attached hydrogens (tertiary/aromatic N) is 4. The number of amides is 1. The van der Waals surface area contributed by atoms with Crippen LogP contribution in [0.4, 0.5) is 0 Å². The Labute approximate surface area is 162 Å². The van der Waals surface area contributed by atoms with Crippen molar-refractivity contribution in [1.82, 2.24) is 19.8 Å². The molecule has 0 atom stereocenters. The molecule has 0 bridgehead atoms. The first-order chi connectivity index (χ1) is 12.8. The fourth-order valence-corrected chi connectivity index (χ4v) is 2.93. The third-order valence-electron chi connectivity index (χ3n) is 4.24. The number of aromatic nitrogens is 3. The van der Waals surface area contributed by atoms with E-state index in [2.05, 4.69) is 10.3 Å². The Morgan fingerprint density at radius 2 is 2.15 bits per heavy atom. The van der Waals surface area contributed by atoms with Gasteiger partial charge in [-0.05, 0) is 32.0 Å². The van der Waals surface area contributed by atoms with Crippen LogP contribution in [-0.2, 0) is 20.2 Å². The van der Waals surface area contributed by atoms with Gasteiger partial charge in [-0.3, -0.25) is 9.48 Å². The largest absolute Gasteiger partial charge is 0.489 e. The molecule has 2 heterocycles. The van der Waals surface area contributed by atoms with Crippen molar-refractivity contribution in [1.29, 1.82) is 0 Å². The van der Waals surface area contributed by atoms with E-state index in [4.69, 9.17) is 20.9 Å². The second kappa shape index (κ2) is 7.84. The summed E-state index contributed by atoms with van der Waals surface area (Å²) in [6.45, 7) is 4.26. The lowest BCUT2D eigenvalue weighted by molar-refractivity contribution is 0.0772. The first-order valence-corrected chi connectivity index (χ1v) is 8.81. The number of carbonyl (C=O) groups is 1. The van der Waals surface area contributed by atoms with Gasteiger partial charge in [0.25, 0.3) is 5.91 Å². The second-order valence-corrected chi connectivity index (χ2v) is 6.82. The van der Waals surface area contributed by atoms with Crippen LogP contribution >= 0.6 is 11.6 Å². The van der Waals surface area contributed by atoms with Crippen LogP contribution in [0.1, 0.15) is 33.1 Å². The van der Waals surface area contributed by atoms with Gasteiger partial charge in [-0.25, -0.2) is 0 Å². The highest BCUT2D eigenvalue weighted by Crippen LogP contribution is 2.22. The second-order valence-electron chi connectivity index (χ2n) is 6.39. The van der Waals surface area contributed by atoms with Crippen LogP contribution in [0.3, 0.4) is 0 Å². The number of aryl methyl sites for hydroxylation is 3. The van der Waals surface area contributed by atoms with Crippen LogP contribution < -0.4 is 4.74 Å². The molecule has 0 aliphatic rings. The van der Waals surface area contributed by atoms with Gasteiger partial charge in [0, 0.05) is 37.4 Å². The Kier molecular flexibility index (Phi) is 5.51. The highest BCUT2D eigenvalue weighted by molar-refractivity contribution is 6.30. The van der Waals surface area contributed by atoms with Crippen molar-refractivity contribution in [3.63, 3.8) is 0 Å². The van der Waals surface area contributed by atoms with E-state index in [9.17, 15) is 4.79 Å². The van der Waals surface area contributed by atoms with Crippen LogP contribution in [-0.4, -0.2) is 32.8 Å². The van der Waals surface area contributed by atoms with Crippen LogP contribution in [0.25, 0.3) is 0 Å². The Morgan fingerprint density at radius 1 is 1.37 bits per heavy atom. The molecule has 3 rings (SSSR count). The summed E-state index contributed by atoms with van der Waals surface area (Å²) in [4.78, 5) is 14.5. The van der Waals surface area contributed by atoms with Crippen LogP contribution in [0.15, 0.2) is 35.0 Å². The Morgan fingerprint density at radius 3 is 2.81 bits per heavy atom. The number of halogens is 1. The Bertz CT molecular complexity index is 964. The van der Waals surface area contributed by atoms with E-state index in [0.29, 0.717) is 28.6 Å². The van der Waals surface area contributed by atoms with Crippen molar-refractivity contribution in [2.45, 2.75) is 27.0 Å². The summed E-state index contributed by atoms with van der Waals surface area (Å²) in [5.74, 6) is 0.923. The van der Waals surface area contributed by atoms with Gasteiger partial charge in [0.05, 0.1) is 11.3 Å². The summed E-state index contributed by atoms with van der Waals surface area (Å²) >= 11 is 5.97. The van der Waals surface area contributed by atoms with Gasteiger partial charge in [-0.1, -0.05) is 22.8 Å². The van der Waals surface area contributed by atoms with Gasteiger partial charge in [0.1, 0.15) is 18.1 Å². The number of benzene rings is 1. The number of ether oxygens (including phenoxy) is 1. The molecule has 0 radical (unpaired) electrons. The number of carbonyl (C=O) groups excluding carboxylic acids is 1. The molecule has 27 heavy (non-hydrogen) atoms. The lowest BCUT2D eigenvalue weighted by atomic mass is 10.1. The van der Waals surface area contributed by atoms with Crippen molar-refractivity contribution in [3.05, 3.63) is 63.8 Å². The molecule has 7 nitrogen and oxygen atoms in total. The molecule has 0 spiro atoms. The number of rotatable bonds is 6. The van der Waals surface area contributed by atoms with E-state index in [-0.39, 0.29) is 18.2 Å². The molecule has 1 aromatic carbocycles. The minimum Gasteiger partial charge on any atom is -0.489 e. The van der Waals surface area contributed by atoms with Gasteiger partial charge >= 0.3 is 0 Å². The normalized spacial score (nSPS) is 10.9. The molecule has 3 aromatic rings. The summed E-state index contributed by atoms with van der Waals surface area (Å²) < 4.78 is 12.7. The van der Waals surface area contributed by atoms with E-state index in [1.165, 1.54) is 0 Å². The van der Waals surface area contributed by atoms with Crippen molar-refractivity contribution >= 4 is 17.5 Å². The number of hydrogen-bond acceptors (Lipinski definition) is 5. The molecular formula is C19H21ClN4O3. The van der Waals surface area contributed by atoms with Gasteiger partial charge in [0.15, 0.2) is 5.69 Å². The minimum atomic E-state index is -0.236. The summed E-state index contributed by atoms with van der Waals surface area (Å²) in [5, 5.41) is 8.83. The van der Waals surface area contributed by atoms with E-state index < -0.39 is 0 Å². The highest BCUT2D eigenvalue weighted by atomic mass is 35.5. The molecule has 0 fully saturated rings. The zero-order chi connectivity index (χ0) is 19.6. The van der Waals surface area contributed by atoms with Crippen LogP contribution in [0, 0.1) is 13.8 Å². The molecular weight excluding hydrogens is 368 g/mol. The molecule has 0 saturated heterocycles. The molecule has 0 unspecified atom stereocenters. The van der Waals surface area contributed by atoms with Gasteiger partial charge in [0.2, 0.25) is 0 Å². The van der Waals surface area contributed by atoms with Crippen molar-refractivity contribution < 1.29 is 14.1 Å². The minimum absolute atomic E-state index is 0.163. The summed E-state index contributed by atoms with van der Waals surface area (Å²) in [5.41, 5.74) is 2.73. The van der Waals surface area contributed by atoms with E-state index in [1.807, 2.05) is 20.2 Å². The lowest BCUT2D eigenvalue weighted by Crippen LogP contribution is -2.27. The standard InChI is InChI=1S/C19H21ClN4O3/c1-12-14(10-24(4)21-12)9-23(3)19(25)18-17(13(2)27-22-18)11-26-16-7-5-6-15(20)8-16/h5-8,10H,9,11H2,1-4H3. The van der Waals surface area contributed by atoms with Crippen molar-refractivity contribution in [2.24, 2.45) is 7.05 Å². The monoisotopic (exact) mass is 388 g/mol. The SMILES string of the molecule is Cc1nn(C)cc1CN(C)C(=O)c1noc(C)c1COc1cccc(Cl)c1. The molecule has 142 valence electrons. The average molecular weight is 389 g/mol. The zero-order valence-electron chi connectivity index (χ0n) is 15.7. The first-order valence-electron chi connectivity index (χ1n) is 8.43. The smallest absolute Gasteiger partial charge is 0.276 e. The Balaban J connectivity index is 1.74. The summed E-state index contributed by atoms with van der Waals surface area (Å²) in [7, 11) is 3.57. The predicted molar refractivity (Wildman–Crippen MR) is 101 cm³/mol. The van der Waals surface area contributed by atoms with Crippen LogP contribution in [0.5, 0.6) is 5.75 Å². The Hall–Kier alpha value is -2.80. The van der Waals surface area contributed by atoms with Crippen molar-refractivity contribution in [3.8, 4) is 5.75 Å². The number of hydrogen-bond donors (Lipinski definition) is 0.